The number of nitrogens with zero attached hydrogens (tertiary/aromatic N) is 1. The fraction of sp³-hybridized carbons (Fsp3) is 0.100. The molecular weight excluding hydrogens is 447 g/mol. The maximum Gasteiger partial charge on any atom is 0.269 e. The standard InChI is InChI=1S/C20H16Cl2N4O3S/c1-11-9-23-17(25-11)10-24-20(27)18-19(15-8-13(22)5-6-16(15)26-18)30(28,29)14-4-2-3-12(21)7-14/h2-9,26H,10H2,1H3,(H,23,25)(H,24,27). The normalized spacial score (nSPS) is 11.7. The first-order chi connectivity index (χ1) is 14.3. The number of carbonyl (C=O) groups is 1. The smallest absolute Gasteiger partial charge is 0.269 e. The Bertz CT molecular complexity index is 1380. The fourth-order valence-electron chi connectivity index (χ4n) is 3.14. The number of aromatic nitrogens is 3. The molecule has 0 aliphatic carbocycles. The summed E-state index contributed by atoms with van der Waals surface area (Å²) in [5.41, 5.74) is 1.23. The van der Waals surface area contributed by atoms with E-state index in [1.807, 2.05) is 6.92 Å². The van der Waals surface area contributed by atoms with Crippen molar-refractivity contribution in [2.75, 3.05) is 0 Å². The molecule has 4 aromatic rings. The fourth-order valence-corrected chi connectivity index (χ4v) is 5.21. The third kappa shape index (κ3) is 3.81. The third-order valence-corrected chi connectivity index (χ3v) is 6.79. The average molecular weight is 463 g/mol. The van der Waals surface area contributed by atoms with E-state index in [2.05, 4.69) is 20.3 Å². The molecule has 3 N–H and O–H groups in total. The van der Waals surface area contributed by atoms with Gasteiger partial charge >= 0.3 is 0 Å². The van der Waals surface area contributed by atoms with Gasteiger partial charge in [0.25, 0.3) is 5.91 Å². The largest absolute Gasteiger partial charge is 0.349 e. The van der Waals surface area contributed by atoms with Gasteiger partial charge in [0.05, 0.1) is 11.4 Å². The second-order valence-electron chi connectivity index (χ2n) is 6.68. The lowest BCUT2D eigenvalue weighted by Gasteiger charge is -2.08. The van der Waals surface area contributed by atoms with Gasteiger partial charge in [0.15, 0.2) is 0 Å². The molecule has 0 bridgehead atoms. The zero-order valence-electron chi connectivity index (χ0n) is 15.7. The highest BCUT2D eigenvalue weighted by Gasteiger charge is 2.30. The van der Waals surface area contributed by atoms with Gasteiger partial charge in [0.1, 0.15) is 16.4 Å². The van der Waals surface area contributed by atoms with Crippen LogP contribution in [0.3, 0.4) is 0 Å². The predicted molar refractivity (Wildman–Crippen MR) is 115 cm³/mol. The number of imidazole rings is 1. The van der Waals surface area contributed by atoms with Gasteiger partial charge in [-0.15, -0.1) is 0 Å². The van der Waals surface area contributed by atoms with Crippen LogP contribution in [0, 0.1) is 6.92 Å². The Morgan fingerprint density at radius 1 is 1.10 bits per heavy atom. The predicted octanol–water partition coefficient (Wildman–Crippen LogP) is 4.27. The van der Waals surface area contributed by atoms with E-state index < -0.39 is 15.7 Å². The van der Waals surface area contributed by atoms with Crippen molar-refractivity contribution in [1.82, 2.24) is 20.3 Å². The topological polar surface area (TPSA) is 108 Å². The van der Waals surface area contributed by atoms with Gasteiger partial charge in [0.2, 0.25) is 9.84 Å². The third-order valence-electron chi connectivity index (χ3n) is 4.49. The second-order valence-corrected chi connectivity index (χ2v) is 9.43. The molecule has 0 aliphatic heterocycles. The Labute approximate surface area is 182 Å². The van der Waals surface area contributed by atoms with Crippen molar-refractivity contribution in [2.24, 2.45) is 0 Å². The maximum absolute atomic E-state index is 13.5. The number of fused-ring (bicyclic) bond motifs is 1. The van der Waals surface area contributed by atoms with E-state index in [9.17, 15) is 13.2 Å². The van der Waals surface area contributed by atoms with Crippen LogP contribution in [0.1, 0.15) is 22.0 Å². The Morgan fingerprint density at radius 2 is 1.87 bits per heavy atom. The van der Waals surface area contributed by atoms with E-state index in [0.29, 0.717) is 21.7 Å². The number of hydrogen-bond donors (Lipinski definition) is 3. The van der Waals surface area contributed by atoms with Gasteiger partial charge in [-0.2, -0.15) is 0 Å². The number of sulfone groups is 1. The summed E-state index contributed by atoms with van der Waals surface area (Å²) in [6.45, 7) is 1.95. The minimum Gasteiger partial charge on any atom is -0.349 e. The molecule has 2 aromatic heterocycles. The van der Waals surface area contributed by atoms with Crippen LogP contribution in [0.2, 0.25) is 10.0 Å². The minimum absolute atomic E-state index is 0.0217. The summed E-state index contributed by atoms with van der Waals surface area (Å²) in [4.78, 5) is 22.8. The molecule has 0 radical (unpaired) electrons. The molecule has 0 saturated carbocycles. The van der Waals surface area contributed by atoms with Crippen LogP contribution >= 0.6 is 23.2 Å². The number of H-pyrrole nitrogens is 2. The minimum atomic E-state index is -4.07. The van der Waals surface area contributed by atoms with Crippen molar-refractivity contribution < 1.29 is 13.2 Å². The summed E-state index contributed by atoms with van der Waals surface area (Å²) in [5, 5.41) is 3.63. The lowest BCUT2D eigenvalue weighted by Crippen LogP contribution is -2.25. The Balaban J connectivity index is 1.82. The Kier molecular flexibility index (Phi) is 5.31. The lowest BCUT2D eigenvalue weighted by atomic mass is 10.2. The first-order valence-corrected chi connectivity index (χ1v) is 11.1. The maximum atomic E-state index is 13.5. The van der Waals surface area contributed by atoms with Crippen molar-refractivity contribution in [3.63, 3.8) is 0 Å². The molecule has 0 unspecified atom stereocenters. The number of amides is 1. The van der Waals surface area contributed by atoms with Gasteiger partial charge in [-0.3, -0.25) is 4.79 Å². The van der Waals surface area contributed by atoms with Crippen molar-refractivity contribution in [1.29, 1.82) is 0 Å². The van der Waals surface area contributed by atoms with Gasteiger partial charge in [-0.05, 0) is 43.3 Å². The summed E-state index contributed by atoms with van der Waals surface area (Å²) in [6.07, 6.45) is 1.64. The summed E-state index contributed by atoms with van der Waals surface area (Å²) in [6, 6.07) is 10.6. The number of halogens is 2. The zero-order valence-corrected chi connectivity index (χ0v) is 18.0. The van der Waals surface area contributed by atoms with Crippen LogP contribution in [0.25, 0.3) is 10.9 Å². The van der Waals surface area contributed by atoms with E-state index in [0.717, 1.165) is 5.69 Å². The number of hydrogen-bond acceptors (Lipinski definition) is 4. The van der Waals surface area contributed by atoms with E-state index in [-0.39, 0.29) is 27.1 Å². The van der Waals surface area contributed by atoms with E-state index in [4.69, 9.17) is 23.2 Å². The van der Waals surface area contributed by atoms with Crippen molar-refractivity contribution >= 4 is 49.8 Å². The van der Waals surface area contributed by atoms with Crippen molar-refractivity contribution in [2.45, 2.75) is 23.3 Å². The van der Waals surface area contributed by atoms with Crippen LogP contribution < -0.4 is 5.32 Å². The summed E-state index contributed by atoms with van der Waals surface area (Å²) >= 11 is 12.1. The molecule has 0 atom stereocenters. The molecule has 7 nitrogen and oxygen atoms in total. The zero-order chi connectivity index (χ0) is 21.5. The number of aromatic amines is 2. The van der Waals surface area contributed by atoms with E-state index >= 15 is 0 Å². The van der Waals surface area contributed by atoms with Gasteiger partial charge < -0.3 is 15.3 Å². The van der Waals surface area contributed by atoms with Gasteiger partial charge in [0, 0.05) is 32.8 Å². The Hall–Kier alpha value is -2.81. The van der Waals surface area contributed by atoms with Crippen molar-refractivity contribution in [3.05, 3.63) is 75.9 Å². The van der Waals surface area contributed by atoms with Crippen LogP contribution in [0.15, 0.2) is 58.5 Å². The second kappa shape index (κ2) is 7.79. The first-order valence-electron chi connectivity index (χ1n) is 8.86. The number of aryl methyl sites for hydroxylation is 1. The molecule has 10 heteroatoms. The molecule has 1 amide bonds. The highest BCUT2D eigenvalue weighted by molar-refractivity contribution is 7.91. The molecule has 0 saturated heterocycles. The first kappa shape index (κ1) is 20.5. The number of carbonyl (C=O) groups excluding carboxylic acids is 1. The molecule has 2 heterocycles. The SMILES string of the molecule is Cc1cnc(CNC(=O)c2[nH]c3ccc(Cl)cc3c2S(=O)(=O)c2cccc(Cl)c2)[nH]1. The molecule has 30 heavy (non-hydrogen) atoms. The van der Waals surface area contributed by atoms with Crippen LogP contribution in [-0.4, -0.2) is 29.3 Å². The monoisotopic (exact) mass is 462 g/mol. The van der Waals surface area contributed by atoms with Gasteiger partial charge in [-0.1, -0.05) is 29.3 Å². The molecule has 0 aliphatic rings. The summed E-state index contributed by atoms with van der Waals surface area (Å²) in [5.74, 6) is -0.0313. The van der Waals surface area contributed by atoms with E-state index in [1.165, 1.54) is 24.3 Å². The van der Waals surface area contributed by atoms with Crippen LogP contribution in [0.5, 0.6) is 0 Å². The lowest BCUT2D eigenvalue weighted by molar-refractivity contribution is 0.0942. The quantitative estimate of drug-likeness (QED) is 0.411. The summed E-state index contributed by atoms with van der Waals surface area (Å²) < 4.78 is 26.9. The van der Waals surface area contributed by atoms with E-state index in [1.54, 1.807) is 24.4 Å². The van der Waals surface area contributed by atoms with Gasteiger partial charge in [-0.25, -0.2) is 13.4 Å². The number of benzene rings is 2. The molecule has 0 spiro atoms. The molecular formula is C20H16Cl2N4O3S. The highest BCUT2D eigenvalue weighted by atomic mass is 35.5. The summed E-state index contributed by atoms with van der Waals surface area (Å²) in [7, 11) is -4.07. The van der Waals surface area contributed by atoms with Crippen molar-refractivity contribution in [3.8, 4) is 0 Å². The highest BCUT2D eigenvalue weighted by Crippen LogP contribution is 2.34. The Morgan fingerprint density at radius 3 is 2.57 bits per heavy atom. The average Bonchev–Trinajstić information content (AvgIpc) is 3.29. The number of nitrogens with one attached hydrogen (secondary N) is 3. The molecule has 4 rings (SSSR count). The molecule has 2 aromatic carbocycles. The van der Waals surface area contributed by atoms with Crippen LogP contribution in [-0.2, 0) is 16.4 Å². The molecule has 154 valence electrons. The number of rotatable bonds is 5. The van der Waals surface area contributed by atoms with Crippen LogP contribution in [0.4, 0.5) is 0 Å². The molecule has 0 fully saturated rings.